The van der Waals surface area contributed by atoms with Gasteiger partial charge in [-0.3, -0.25) is 0 Å². The number of anilines is 1. The van der Waals surface area contributed by atoms with Crippen LogP contribution in [0.4, 0.5) is 5.69 Å². The normalized spacial score (nSPS) is 19.5. The predicted molar refractivity (Wildman–Crippen MR) is 74.7 cm³/mol. The second kappa shape index (κ2) is 5.71. The highest BCUT2D eigenvalue weighted by molar-refractivity contribution is 7.91. The maximum Gasteiger partial charge on any atom is 0.152 e. The van der Waals surface area contributed by atoms with E-state index in [9.17, 15) is 8.42 Å². The largest absolute Gasteiger partial charge is 0.370 e. The summed E-state index contributed by atoms with van der Waals surface area (Å²) < 4.78 is 23.2. The SMILES string of the molecule is NCCc1ccccc1N1CCCS(=O)(=O)CC1. The van der Waals surface area contributed by atoms with Gasteiger partial charge in [0.05, 0.1) is 11.5 Å². The van der Waals surface area contributed by atoms with Gasteiger partial charge < -0.3 is 10.6 Å². The molecule has 0 aromatic heterocycles. The molecule has 0 unspecified atom stereocenters. The molecule has 0 bridgehead atoms. The molecule has 2 N–H and O–H groups in total. The minimum absolute atomic E-state index is 0.254. The minimum atomic E-state index is -2.85. The molecular weight excluding hydrogens is 248 g/mol. The highest BCUT2D eigenvalue weighted by Crippen LogP contribution is 2.22. The average Bonchev–Trinajstić information content (AvgIpc) is 2.52. The van der Waals surface area contributed by atoms with Crippen molar-refractivity contribution in [2.75, 3.05) is 36.0 Å². The zero-order chi connectivity index (χ0) is 13.0. The number of hydrogen-bond donors (Lipinski definition) is 1. The number of nitrogens with two attached hydrogens (primary N) is 1. The standard InChI is InChI=1S/C13H20N2O2S/c14-7-6-12-4-1-2-5-13(12)15-8-3-10-18(16,17)11-9-15/h1-2,4-5H,3,6-11,14H2. The van der Waals surface area contributed by atoms with E-state index in [1.807, 2.05) is 12.1 Å². The fraction of sp³-hybridized carbons (Fsp3) is 0.538. The van der Waals surface area contributed by atoms with Crippen LogP contribution in [-0.4, -0.2) is 39.6 Å². The Balaban J connectivity index is 2.20. The van der Waals surface area contributed by atoms with Gasteiger partial charge in [-0.2, -0.15) is 0 Å². The van der Waals surface area contributed by atoms with Crippen LogP contribution < -0.4 is 10.6 Å². The van der Waals surface area contributed by atoms with Crippen molar-refractivity contribution in [2.24, 2.45) is 5.73 Å². The summed E-state index contributed by atoms with van der Waals surface area (Å²) in [6.45, 7) is 2.01. The van der Waals surface area contributed by atoms with Crippen LogP contribution in [0.1, 0.15) is 12.0 Å². The minimum Gasteiger partial charge on any atom is -0.370 e. The van der Waals surface area contributed by atoms with Crippen molar-refractivity contribution in [3.8, 4) is 0 Å². The third-order valence-electron chi connectivity index (χ3n) is 3.30. The van der Waals surface area contributed by atoms with Gasteiger partial charge in [-0.15, -0.1) is 0 Å². The molecule has 0 amide bonds. The number of para-hydroxylation sites is 1. The first-order chi connectivity index (χ1) is 8.62. The van der Waals surface area contributed by atoms with Crippen LogP contribution in [0.5, 0.6) is 0 Å². The Bertz CT molecular complexity index is 499. The van der Waals surface area contributed by atoms with Crippen molar-refractivity contribution in [3.63, 3.8) is 0 Å². The summed E-state index contributed by atoms with van der Waals surface area (Å²) in [5.74, 6) is 0.562. The van der Waals surface area contributed by atoms with Gasteiger partial charge in [0.1, 0.15) is 0 Å². The lowest BCUT2D eigenvalue weighted by atomic mass is 10.1. The molecule has 1 saturated heterocycles. The Morgan fingerprint density at radius 3 is 2.72 bits per heavy atom. The Morgan fingerprint density at radius 1 is 1.17 bits per heavy atom. The smallest absolute Gasteiger partial charge is 0.152 e. The van der Waals surface area contributed by atoms with Gasteiger partial charge in [-0.1, -0.05) is 18.2 Å². The summed E-state index contributed by atoms with van der Waals surface area (Å²) in [7, 11) is -2.85. The fourth-order valence-corrected chi connectivity index (χ4v) is 3.64. The molecule has 0 atom stereocenters. The quantitative estimate of drug-likeness (QED) is 0.881. The van der Waals surface area contributed by atoms with Crippen molar-refractivity contribution < 1.29 is 8.42 Å². The molecule has 0 radical (unpaired) electrons. The van der Waals surface area contributed by atoms with Crippen LogP contribution in [-0.2, 0) is 16.3 Å². The van der Waals surface area contributed by atoms with Gasteiger partial charge >= 0.3 is 0 Å². The highest BCUT2D eigenvalue weighted by Gasteiger charge is 2.20. The summed E-state index contributed by atoms with van der Waals surface area (Å²) in [6.07, 6.45) is 1.54. The van der Waals surface area contributed by atoms with E-state index in [0.717, 1.165) is 18.7 Å². The molecule has 1 aliphatic heterocycles. The first-order valence-electron chi connectivity index (χ1n) is 6.36. The molecule has 1 aromatic carbocycles. The maximum absolute atomic E-state index is 11.6. The number of hydrogen-bond acceptors (Lipinski definition) is 4. The molecular formula is C13H20N2O2S. The van der Waals surface area contributed by atoms with E-state index in [-0.39, 0.29) is 5.75 Å². The number of benzene rings is 1. The Kier molecular flexibility index (Phi) is 4.24. The Morgan fingerprint density at radius 2 is 1.94 bits per heavy atom. The van der Waals surface area contributed by atoms with E-state index in [1.165, 1.54) is 5.56 Å². The van der Waals surface area contributed by atoms with Crippen molar-refractivity contribution in [3.05, 3.63) is 29.8 Å². The molecule has 2 rings (SSSR count). The average molecular weight is 268 g/mol. The van der Waals surface area contributed by atoms with Crippen molar-refractivity contribution in [1.29, 1.82) is 0 Å². The first kappa shape index (κ1) is 13.4. The summed E-state index contributed by atoms with van der Waals surface area (Å²) >= 11 is 0. The van der Waals surface area contributed by atoms with Crippen molar-refractivity contribution >= 4 is 15.5 Å². The lowest BCUT2D eigenvalue weighted by Gasteiger charge is -2.24. The number of nitrogens with zero attached hydrogens (tertiary/aromatic N) is 1. The predicted octanol–water partition coefficient (Wildman–Crippen LogP) is 0.813. The lowest BCUT2D eigenvalue weighted by Crippen LogP contribution is -2.28. The zero-order valence-electron chi connectivity index (χ0n) is 10.5. The van der Waals surface area contributed by atoms with Crippen molar-refractivity contribution in [1.82, 2.24) is 0 Å². The molecule has 5 heteroatoms. The van der Waals surface area contributed by atoms with Crippen LogP contribution in [0.15, 0.2) is 24.3 Å². The van der Waals surface area contributed by atoms with Crippen LogP contribution >= 0.6 is 0 Å². The van der Waals surface area contributed by atoms with Gasteiger partial charge in [0, 0.05) is 18.8 Å². The van der Waals surface area contributed by atoms with E-state index >= 15 is 0 Å². The van der Waals surface area contributed by atoms with E-state index in [0.29, 0.717) is 25.3 Å². The van der Waals surface area contributed by atoms with Crippen LogP contribution in [0.2, 0.25) is 0 Å². The summed E-state index contributed by atoms with van der Waals surface area (Å²) in [6, 6.07) is 8.13. The topological polar surface area (TPSA) is 63.4 Å². The summed E-state index contributed by atoms with van der Waals surface area (Å²) in [5.41, 5.74) is 7.97. The molecule has 1 heterocycles. The fourth-order valence-electron chi connectivity index (χ4n) is 2.37. The molecule has 1 fully saturated rings. The second-order valence-corrected chi connectivity index (χ2v) is 6.96. The number of sulfone groups is 1. The van der Waals surface area contributed by atoms with Gasteiger partial charge in [-0.25, -0.2) is 8.42 Å². The molecule has 1 aliphatic rings. The zero-order valence-corrected chi connectivity index (χ0v) is 11.3. The maximum atomic E-state index is 11.6. The summed E-state index contributed by atoms with van der Waals surface area (Å²) in [5, 5.41) is 0. The molecule has 1 aromatic rings. The Hall–Kier alpha value is -1.07. The molecule has 4 nitrogen and oxygen atoms in total. The van der Waals surface area contributed by atoms with E-state index in [1.54, 1.807) is 0 Å². The second-order valence-electron chi connectivity index (χ2n) is 4.66. The van der Waals surface area contributed by atoms with Crippen molar-refractivity contribution in [2.45, 2.75) is 12.8 Å². The Labute approximate surface area is 109 Å². The molecule has 0 spiro atoms. The van der Waals surface area contributed by atoms with Gasteiger partial charge in [-0.05, 0) is 31.0 Å². The van der Waals surface area contributed by atoms with Crippen LogP contribution in [0, 0.1) is 0 Å². The first-order valence-corrected chi connectivity index (χ1v) is 8.18. The molecule has 100 valence electrons. The van der Waals surface area contributed by atoms with E-state index < -0.39 is 9.84 Å². The third kappa shape index (κ3) is 3.23. The van der Waals surface area contributed by atoms with Crippen LogP contribution in [0.25, 0.3) is 0 Å². The summed E-state index contributed by atoms with van der Waals surface area (Å²) in [4.78, 5) is 2.18. The van der Waals surface area contributed by atoms with E-state index in [2.05, 4.69) is 17.0 Å². The molecule has 0 saturated carbocycles. The third-order valence-corrected chi connectivity index (χ3v) is 5.02. The van der Waals surface area contributed by atoms with E-state index in [4.69, 9.17) is 5.73 Å². The lowest BCUT2D eigenvalue weighted by molar-refractivity contribution is 0.597. The van der Waals surface area contributed by atoms with Gasteiger partial charge in [0.15, 0.2) is 9.84 Å². The molecule has 0 aliphatic carbocycles. The monoisotopic (exact) mass is 268 g/mol. The molecule has 18 heavy (non-hydrogen) atoms. The van der Waals surface area contributed by atoms with Gasteiger partial charge in [0.25, 0.3) is 0 Å². The number of rotatable bonds is 3. The highest BCUT2D eigenvalue weighted by atomic mass is 32.2. The van der Waals surface area contributed by atoms with Gasteiger partial charge in [0.2, 0.25) is 0 Å². The van der Waals surface area contributed by atoms with Crippen LogP contribution in [0.3, 0.4) is 0 Å².